The number of fused-ring (bicyclic) bond motifs is 1. The van der Waals surface area contributed by atoms with Crippen molar-refractivity contribution in [1.82, 2.24) is 10.3 Å². The lowest BCUT2D eigenvalue weighted by Gasteiger charge is -2.21. The first-order valence-electron chi connectivity index (χ1n) is 9.48. The van der Waals surface area contributed by atoms with Gasteiger partial charge in [0, 0.05) is 12.8 Å². The number of carbonyl (C=O) groups excluding carboxylic acids is 2. The Morgan fingerprint density at radius 2 is 1.90 bits per heavy atom. The second kappa shape index (κ2) is 9.00. The number of hydrogen-bond acceptors (Lipinski definition) is 6. The van der Waals surface area contributed by atoms with Gasteiger partial charge >= 0.3 is 5.97 Å². The fourth-order valence-corrected chi connectivity index (χ4v) is 3.25. The third kappa shape index (κ3) is 4.54. The molecule has 1 aromatic carbocycles. The minimum atomic E-state index is -0.479. The average Bonchev–Trinajstić information content (AvgIpc) is 3.01. The number of H-pyrrole nitrogens is 1. The third-order valence-corrected chi connectivity index (χ3v) is 4.80. The van der Waals surface area contributed by atoms with Gasteiger partial charge in [-0.15, -0.1) is 0 Å². The molecule has 8 nitrogen and oxygen atoms in total. The molecule has 1 aliphatic rings. The molecule has 0 bridgehead atoms. The molecule has 29 heavy (non-hydrogen) atoms. The van der Waals surface area contributed by atoms with Crippen LogP contribution >= 0.6 is 0 Å². The van der Waals surface area contributed by atoms with E-state index >= 15 is 0 Å². The first-order valence-corrected chi connectivity index (χ1v) is 9.48. The molecule has 3 rings (SSSR count). The Morgan fingerprint density at radius 1 is 1.17 bits per heavy atom. The second-order valence-corrected chi connectivity index (χ2v) is 6.85. The fourth-order valence-electron chi connectivity index (χ4n) is 3.25. The maximum atomic E-state index is 12.8. The molecule has 2 heterocycles. The van der Waals surface area contributed by atoms with Gasteiger partial charge in [0.25, 0.3) is 5.91 Å². The van der Waals surface area contributed by atoms with Crippen molar-refractivity contribution < 1.29 is 28.5 Å². The van der Waals surface area contributed by atoms with Crippen LogP contribution in [0, 0.1) is 13.8 Å². The number of hydrogen-bond donors (Lipinski definition) is 2. The Kier molecular flexibility index (Phi) is 6.43. The Balaban J connectivity index is 1.72. The number of ether oxygens (including phenoxy) is 4. The summed E-state index contributed by atoms with van der Waals surface area (Å²) in [7, 11) is 1.53. The van der Waals surface area contributed by atoms with Crippen LogP contribution in [0.4, 0.5) is 0 Å². The van der Waals surface area contributed by atoms with Crippen LogP contribution in [0.1, 0.15) is 50.6 Å². The summed E-state index contributed by atoms with van der Waals surface area (Å²) < 4.78 is 21.2. The van der Waals surface area contributed by atoms with E-state index in [-0.39, 0.29) is 18.6 Å². The lowest BCUT2D eigenvalue weighted by Crippen LogP contribution is -2.27. The zero-order valence-corrected chi connectivity index (χ0v) is 17.1. The highest BCUT2D eigenvalue weighted by Gasteiger charge is 2.24. The lowest BCUT2D eigenvalue weighted by atomic mass is 10.1. The first-order chi connectivity index (χ1) is 13.9. The molecule has 156 valence electrons. The molecular formula is C21H26N2O6. The van der Waals surface area contributed by atoms with E-state index in [9.17, 15) is 9.59 Å². The number of benzene rings is 1. The summed E-state index contributed by atoms with van der Waals surface area (Å²) in [6.07, 6.45) is 0. The highest BCUT2D eigenvalue weighted by Crippen LogP contribution is 2.32. The van der Waals surface area contributed by atoms with Gasteiger partial charge in [0.05, 0.1) is 18.2 Å². The SMILES string of the molecule is COCCOC(=O)c1c(C)[nH]c(C(=O)NC(C)c2ccc3c(c2)OCCO3)c1C. The monoisotopic (exact) mass is 402 g/mol. The zero-order chi connectivity index (χ0) is 21.0. The van der Waals surface area contributed by atoms with Gasteiger partial charge in [-0.05, 0) is 44.0 Å². The third-order valence-electron chi connectivity index (χ3n) is 4.80. The molecule has 0 fully saturated rings. The standard InChI is InChI=1S/C21H26N2O6/c1-12-18(21(25)29-8-7-26-4)14(3)22-19(12)20(24)23-13(2)15-5-6-16-17(11-15)28-10-9-27-16/h5-6,11,13,22H,7-10H2,1-4H3,(H,23,24). The van der Waals surface area contributed by atoms with E-state index in [4.69, 9.17) is 18.9 Å². The van der Waals surface area contributed by atoms with Gasteiger partial charge in [0.2, 0.25) is 0 Å². The van der Waals surface area contributed by atoms with Crippen LogP contribution in [-0.4, -0.2) is 50.4 Å². The fraction of sp³-hybridized carbons (Fsp3) is 0.429. The predicted molar refractivity (Wildman–Crippen MR) is 106 cm³/mol. The Hall–Kier alpha value is -3.00. The number of esters is 1. The van der Waals surface area contributed by atoms with E-state index in [2.05, 4.69) is 10.3 Å². The smallest absolute Gasteiger partial charge is 0.340 e. The molecule has 0 radical (unpaired) electrons. The van der Waals surface area contributed by atoms with Crippen molar-refractivity contribution in [3.63, 3.8) is 0 Å². The predicted octanol–water partition coefficient (Wildman–Crippen LogP) is 2.70. The Bertz CT molecular complexity index is 905. The number of aromatic amines is 1. The van der Waals surface area contributed by atoms with E-state index in [1.165, 1.54) is 7.11 Å². The molecular weight excluding hydrogens is 376 g/mol. The van der Waals surface area contributed by atoms with Crippen LogP contribution in [0.5, 0.6) is 11.5 Å². The average molecular weight is 402 g/mol. The molecule has 8 heteroatoms. The summed E-state index contributed by atoms with van der Waals surface area (Å²) >= 11 is 0. The van der Waals surface area contributed by atoms with Gasteiger partial charge < -0.3 is 29.2 Å². The van der Waals surface area contributed by atoms with Crippen molar-refractivity contribution in [2.75, 3.05) is 33.5 Å². The van der Waals surface area contributed by atoms with E-state index in [0.717, 1.165) is 5.56 Å². The molecule has 2 aromatic rings. The van der Waals surface area contributed by atoms with Crippen molar-refractivity contribution in [3.8, 4) is 11.5 Å². The number of carbonyl (C=O) groups is 2. The maximum absolute atomic E-state index is 12.8. The van der Waals surface area contributed by atoms with Crippen molar-refractivity contribution in [3.05, 3.63) is 46.3 Å². The van der Waals surface area contributed by atoms with Crippen molar-refractivity contribution >= 4 is 11.9 Å². The Morgan fingerprint density at radius 3 is 2.62 bits per heavy atom. The normalized spacial score (nSPS) is 13.7. The minimum absolute atomic E-state index is 0.155. The molecule has 0 spiro atoms. The number of rotatable bonds is 7. The highest BCUT2D eigenvalue weighted by atomic mass is 16.6. The van der Waals surface area contributed by atoms with E-state index in [0.29, 0.717) is 53.8 Å². The van der Waals surface area contributed by atoms with Gasteiger partial charge in [-0.2, -0.15) is 0 Å². The molecule has 0 aliphatic carbocycles. The molecule has 2 N–H and O–H groups in total. The first kappa shape index (κ1) is 20.7. The van der Waals surface area contributed by atoms with Gasteiger partial charge in [-0.1, -0.05) is 6.07 Å². The quantitative estimate of drug-likeness (QED) is 0.546. The largest absolute Gasteiger partial charge is 0.486 e. The molecule has 1 amide bonds. The van der Waals surface area contributed by atoms with E-state index in [1.807, 2.05) is 25.1 Å². The van der Waals surface area contributed by atoms with Crippen LogP contribution in [-0.2, 0) is 9.47 Å². The van der Waals surface area contributed by atoms with Crippen molar-refractivity contribution in [2.24, 2.45) is 0 Å². The highest BCUT2D eigenvalue weighted by molar-refractivity contribution is 6.00. The van der Waals surface area contributed by atoms with Gasteiger partial charge in [-0.25, -0.2) is 4.79 Å². The number of amides is 1. The van der Waals surface area contributed by atoms with E-state index in [1.54, 1.807) is 13.8 Å². The van der Waals surface area contributed by atoms with Crippen molar-refractivity contribution in [1.29, 1.82) is 0 Å². The van der Waals surface area contributed by atoms with Gasteiger partial charge in [0.1, 0.15) is 25.5 Å². The van der Waals surface area contributed by atoms with Crippen LogP contribution in [0.15, 0.2) is 18.2 Å². The summed E-state index contributed by atoms with van der Waals surface area (Å²) in [5.74, 6) is 0.588. The van der Waals surface area contributed by atoms with Crippen LogP contribution in [0.2, 0.25) is 0 Å². The maximum Gasteiger partial charge on any atom is 0.340 e. The summed E-state index contributed by atoms with van der Waals surface area (Å²) in [6, 6.07) is 5.33. The lowest BCUT2D eigenvalue weighted by molar-refractivity contribution is 0.0387. The zero-order valence-electron chi connectivity index (χ0n) is 17.1. The molecule has 0 saturated carbocycles. The molecule has 0 saturated heterocycles. The number of aryl methyl sites for hydroxylation is 1. The van der Waals surface area contributed by atoms with Crippen molar-refractivity contribution in [2.45, 2.75) is 26.8 Å². The topological polar surface area (TPSA) is 98.9 Å². The summed E-state index contributed by atoms with van der Waals surface area (Å²) in [6.45, 7) is 6.84. The van der Waals surface area contributed by atoms with Crippen LogP contribution in [0.3, 0.4) is 0 Å². The van der Waals surface area contributed by atoms with Gasteiger partial charge in [-0.3, -0.25) is 4.79 Å². The second-order valence-electron chi connectivity index (χ2n) is 6.85. The summed E-state index contributed by atoms with van der Waals surface area (Å²) in [4.78, 5) is 28.1. The summed E-state index contributed by atoms with van der Waals surface area (Å²) in [5, 5.41) is 2.95. The number of methoxy groups -OCH3 is 1. The van der Waals surface area contributed by atoms with Crippen LogP contribution in [0.25, 0.3) is 0 Å². The minimum Gasteiger partial charge on any atom is -0.486 e. The van der Waals surface area contributed by atoms with Crippen LogP contribution < -0.4 is 14.8 Å². The van der Waals surface area contributed by atoms with Gasteiger partial charge in [0.15, 0.2) is 11.5 Å². The molecule has 1 atom stereocenters. The molecule has 1 aromatic heterocycles. The molecule has 1 unspecified atom stereocenters. The summed E-state index contributed by atoms with van der Waals surface area (Å²) in [5.41, 5.74) is 2.74. The number of aromatic nitrogens is 1. The molecule has 1 aliphatic heterocycles. The number of nitrogens with one attached hydrogen (secondary N) is 2. The van der Waals surface area contributed by atoms with E-state index < -0.39 is 5.97 Å². The Labute approximate surface area is 169 Å².